The number of halogens is 1. The van der Waals surface area contributed by atoms with E-state index in [0.717, 1.165) is 32.4 Å². The average Bonchev–Trinajstić information content (AvgIpc) is 2.32. The van der Waals surface area contributed by atoms with Gasteiger partial charge in [-0.1, -0.05) is 19.8 Å². The quantitative estimate of drug-likeness (QED) is 0.691. The Morgan fingerprint density at radius 2 is 2.33 bits per heavy atom. The Labute approximate surface area is 74.7 Å². The van der Waals surface area contributed by atoms with Crippen LogP contribution in [0.2, 0.25) is 0 Å². The van der Waals surface area contributed by atoms with Crippen molar-refractivity contribution in [2.75, 3.05) is 13.1 Å². The molecule has 0 aromatic rings. The van der Waals surface area contributed by atoms with Crippen LogP contribution in [0.3, 0.4) is 0 Å². The average molecular weight is 173 g/mol. The van der Waals surface area contributed by atoms with Gasteiger partial charge in [-0.25, -0.2) is 4.39 Å². The van der Waals surface area contributed by atoms with Crippen molar-refractivity contribution in [3.63, 3.8) is 0 Å². The van der Waals surface area contributed by atoms with Gasteiger partial charge in [0.1, 0.15) is 6.17 Å². The topological polar surface area (TPSA) is 12.0 Å². The van der Waals surface area contributed by atoms with Crippen LogP contribution in [0.15, 0.2) is 0 Å². The summed E-state index contributed by atoms with van der Waals surface area (Å²) in [6, 6.07) is 0. The lowest BCUT2D eigenvalue weighted by Gasteiger charge is -2.18. The molecule has 0 radical (unpaired) electrons. The number of hydrogen-bond acceptors (Lipinski definition) is 1. The highest BCUT2D eigenvalue weighted by atomic mass is 19.1. The molecule has 1 aliphatic heterocycles. The van der Waals surface area contributed by atoms with E-state index in [0.29, 0.717) is 0 Å². The van der Waals surface area contributed by atoms with Gasteiger partial charge in [0.25, 0.3) is 0 Å². The summed E-state index contributed by atoms with van der Waals surface area (Å²) >= 11 is 0. The molecule has 0 saturated carbocycles. The Morgan fingerprint density at radius 3 is 3.08 bits per heavy atom. The molecule has 2 atom stereocenters. The second-order valence-corrected chi connectivity index (χ2v) is 3.76. The van der Waals surface area contributed by atoms with Crippen LogP contribution < -0.4 is 5.32 Å². The Balaban J connectivity index is 2.27. The van der Waals surface area contributed by atoms with Crippen LogP contribution in [0.25, 0.3) is 0 Å². The minimum atomic E-state index is -0.569. The van der Waals surface area contributed by atoms with E-state index in [-0.39, 0.29) is 5.92 Å². The zero-order chi connectivity index (χ0) is 8.81. The molecule has 1 saturated heterocycles. The van der Waals surface area contributed by atoms with E-state index in [2.05, 4.69) is 12.2 Å². The maximum atomic E-state index is 13.4. The molecule has 1 nitrogen and oxygen atoms in total. The first kappa shape index (κ1) is 9.97. The molecule has 1 fully saturated rings. The van der Waals surface area contributed by atoms with Crippen molar-refractivity contribution in [1.82, 2.24) is 5.32 Å². The number of rotatable bonds is 3. The highest BCUT2D eigenvalue weighted by Crippen LogP contribution is 2.20. The molecule has 1 aliphatic rings. The molecule has 1 N–H and O–H groups in total. The molecule has 0 bridgehead atoms. The highest BCUT2D eigenvalue weighted by molar-refractivity contribution is 4.74. The van der Waals surface area contributed by atoms with Crippen LogP contribution in [0, 0.1) is 5.92 Å². The molecule has 0 spiro atoms. The van der Waals surface area contributed by atoms with Crippen LogP contribution in [0.5, 0.6) is 0 Å². The lowest BCUT2D eigenvalue weighted by atomic mass is 9.95. The highest BCUT2D eigenvalue weighted by Gasteiger charge is 2.20. The van der Waals surface area contributed by atoms with E-state index in [9.17, 15) is 4.39 Å². The first-order chi connectivity index (χ1) is 5.84. The minimum absolute atomic E-state index is 0.285. The van der Waals surface area contributed by atoms with Gasteiger partial charge in [-0.05, 0) is 25.8 Å². The van der Waals surface area contributed by atoms with E-state index < -0.39 is 6.17 Å². The van der Waals surface area contributed by atoms with Gasteiger partial charge in [0, 0.05) is 12.5 Å². The molecule has 0 amide bonds. The van der Waals surface area contributed by atoms with Crippen molar-refractivity contribution in [1.29, 1.82) is 0 Å². The zero-order valence-corrected chi connectivity index (χ0v) is 7.98. The van der Waals surface area contributed by atoms with Crippen LogP contribution in [-0.2, 0) is 0 Å². The summed E-state index contributed by atoms with van der Waals surface area (Å²) in [6.45, 7) is 4.02. The predicted molar refractivity (Wildman–Crippen MR) is 50.0 cm³/mol. The molecular weight excluding hydrogens is 153 g/mol. The van der Waals surface area contributed by atoms with Gasteiger partial charge in [0.2, 0.25) is 0 Å². The van der Waals surface area contributed by atoms with E-state index in [1.807, 2.05) is 0 Å². The number of nitrogens with one attached hydrogen (secondary N) is 1. The molecule has 12 heavy (non-hydrogen) atoms. The van der Waals surface area contributed by atoms with Crippen molar-refractivity contribution in [2.24, 2.45) is 5.92 Å². The van der Waals surface area contributed by atoms with Crippen LogP contribution in [-0.4, -0.2) is 19.3 Å². The molecule has 1 rings (SSSR count). The molecule has 2 heteroatoms. The third-order valence-corrected chi connectivity index (χ3v) is 2.66. The summed E-state index contributed by atoms with van der Waals surface area (Å²) in [4.78, 5) is 0. The predicted octanol–water partition coefficient (Wildman–Crippen LogP) is 2.51. The second kappa shape index (κ2) is 5.52. The minimum Gasteiger partial charge on any atom is -0.316 e. The monoisotopic (exact) mass is 173 g/mol. The third kappa shape index (κ3) is 3.10. The number of hydrogen-bond donors (Lipinski definition) is 1. The van der Waals surface area contributed by atoms with Crippen LogP contribution >= 0.6 is 0 Å². The Kier molecular flexibility index (Phi) is 4.59. The lowest BCUT2D eigenvalue weighted by Crippen LogP contribution is -2.27. The van der Waals surface area contributed by atoms with Crippen molar-refractivity contribution in [3.8, 4) is 0 Å². The first-order valence-electron chi connectivity index (χ1n) is 5.19. The summed E-state index contributed by atoms with van der Waals surface area (Å²) in [5.74, 6) is 0.285. The largest absolute Gasteiger partial charge is 0.316 e. The maximum Gasteiger partial charge on any atom is 0.104 e. The normalized spacial score (nSPS) is 28.0. The summed E-state index contributed by atoms with van der Waals surface area (Å²) < 4.78 is 13.4. The molecule has 0 aromatic heterocycles. The maximum absolute atomic E-state index is 13.4. The molecule has 0 aromatic carbocycles. The first-order valence-corrected chi connectivity index (χ1v) is 5.19. The van der Waals surface area contributed by atoms with Crippen LogP contribution in [0.1, 0.15) is 39.0 Å². The fraction of sp³-hybridized carbons (Fsp3) is 1.00. The van der Waals surface area contributed by atoms with Gasteiger partial charge in [-0.2, -0.15) is 0 Å². The summed E-state index contributed by atoms with van der Waals surface area (Å²) in [5, 5.41) is 3.30. The summed E-state index contributed by atoms with van der Waals surface area (Å²) in [7, 11) is 0. The van der Waals surface area contributed by atoms with Crippen molar-refractivity contribution in [3.05, 3.63) is 0 Å². The standard InChI is InChI=1S/C10H20FN/c1-2-5-10(11)9-6-3-4-7-12-8-9/h9-10,12H,2-8H2,1H3. The Bertz CT molecular complexity index is 108. The van der Waals surface area contributed by atoms with Crippen molar-refractivity contribution < 1.29 is 4.39 Å². The van der Waals surface area contributed by atoms with E-state index in [1.165, 1.54) is 12.8 Å². The fourth-order valence-electron chi connectivity index (χ4n) is 1.87. The van der Waals surface area contributed by atoms with Crippen molar-refractivity contribution in [2.45, 2.75) is 45.2 Å². The van der Waals surface area contributed by atoms with Gasteiger partial charge in [-0.15, -0.1) is 0 Å². The summed E-state index contributed by atoms with van der Waals surface area (Å²) in [6.07, 6.45) is 4.63. The third-order valence-electron chi connectivity index (χ3n) is 2.66. The van der Waals surface area contributed by atoms with Crippen LogP contribution in [0.4, 0.5) is 4.39 Å². The fourth-order valence-corrected chi connectivity index (χ4v) is 1.87. The van der Waals surface area contributed by atoms with Gasteiger partial charge < -0.3 is 5.32 Å². The van der Waals surface area contributed by atoms with Crippen molar-refractivity contribution >= 4 is 0 Å². The summed E-state index contributed by atoms with van der Waals surface area (Å²) in [5.41, 5.74) is 0. The second-order valence-electron chi connectivity index (χ2n) is 3.76. The molecular formula is C10H20FN. The van der Waals surface area contributed by atoms with E-state index in [1.54, 1.807) is 0 Å². The molecule has 1 heterocycles. The van der Waals surface area contributed by atoms with Gasteiger partial charge in [0.15, 0.2) is 0 Å². The molecule has 72 valence electrons. The van der Waals surface area contributed by atoms with Gasteiger partial charge in [0.05, 0.1) is 0 Å². The van der Waals surface area contributed by atoms with E-state index in [4.69, 9.17) is 0 Å². The Morgan fingerprint density at radius 1 is 1.50 bits per heavy atom. The van der Waals surface area contributed by atoms with Gasteiger partial charge >= 0.3 is 0 Å². The van der Waals surface area contributed by atoms with Gasteiger partial charge in [-0.3, -0.25) is 0 Å². The van der Waals surface area contributed by atoms with E-state index >= 15 is 0 Å². The smallest absolute Gasteiger partial charge is 0.104 e. The SMILES string of the molecule is CCCC(F)C1CCCCNC1. The molecule has 2 unspecified atom stereocenters. The lowest BCUT2D eigenvalue weighted by molar-refractivity contribution is 0.203. The Hall–Kier alpha value is -0.110. The molecule has 0 aliphatic carbocycles. The number of alkyl halides is 1. The zero-order valence-electron chi connectivity index (χ0n) is 7.98.